The van der Waals surface area contributed by atoms with Gasteiger partial charge < -0.3 is 10.2 Å². The van der Waals surface area contributed by atoms with E-state index >= 15 is 0 Å². The van der Waals surface area contributed by atoms with E-state index in [9.17, 15) is 18.0 Å². The Bertz CT molecular complexity index is 1470. The van der Waals surface area contributed by atoms with E-state index in [2.05, 4.69) is 5.32 Å². The van der Waals surface area contributed by atoms with Gasteiger partial charge in [0, 0.05) is 18.1 Å². The highest BCUT2D eigenvalue weighted by molar-refractivity contribution is 7.92. The number of nitrogens with zero attached hydrogens (tertiary/aromatic N) is 2. The normalized spacial score (nSPS) is 12.0. The van der Waals surface area contributed by atoms with Crippen molar-refractivity contribution in [2.75, 3.05) is 17.4 Å². The zero-order chi connectivity index (χ0) is 30.2. The summed E-state index contributed by atoms with van der Waals surface area (Å²) in [6, 6.07) is 17.0. The number of amides is 2. The van der Waals surface area contributed by atoms with E-state index < -0.39 is 28.5 Å². The maximum atomic E-state index is 14.1. The molecule has 3 aromatic carbocycles. The second-order valence-corrected chi connectivity index (χ2v) is 12.6. The number of aryl methyl sites for hydroxylation is 1. The maximum absolute atomic E-state index is 14.1. The van der Waals surface area contributed by atoms with Crippen molar-refractivity contribution < 1.29 is 18.0 Å². The first-order valence-corrected chi connectivity index (χ1v) is 15.9. The van der Waals surface area contributed by atoms with Crippen molar-refractivity contribution in [3.05, 3.63) is 92.9 Å². The molecular formula is C30H34Cl3N3O4S. The molecule has 0 spiro atoms. The van der Waals surface area contributed by atoms with Gasteiger partial charge in [-0.2, -0.15) is 0 Å². The van der Waals surface area contributed by atoms with Crippen LogP contribution in [-0.2, 0) is 26.2 Å². The van der Waals surface area contributed by atoms with Crippen LogP contribution in [0.3, 0.4) is 0 Å². The van der Waals surface area contributed by atoms with Crippen LogP contribution in [0.5, 0.6) is 0 Å². The molecule has 0 saturated heterocycles. The first-order chi connectivity index (χ1) is 19.5. The number of anilines is 1. The molecule has 0 aliphatic heterocycles. The van der Waals surface area contributed by atoms with Crippen molar-refractivity contribution in [3.63, 3.8) is 0 Å². The van der Waals surface area contributed by atoms with Crippen LogP contribution in [0.2, 0.25) is 15.1 Å². The molecule has 220 valence electrons. The Balaban J connectivity index is 2.09. The third kappa shape index (κ3) is 8.16. The number of rotatable bonds is 13. The fraction of sp³-hybridized carbons (Fsp3) is 0.333. The van der Waals surface area contributed by atoms with Gasteiger partial charge >= 0.3 is 0 Å². The van der Waals surface area contributed by atoms with Crippen LogP contribution in [0.25, 0.3) is 0 Å². The molecule has 0 saturated carbocycles. The number of carbonyl (C=O) groups is 2. The van der Waals surface area contributed by atoms with Crippen LogP contribution in [0.1, 0.15) is 44.2 Å². The molecular weight excluding hydrogens is 605 g/mol. The van der Waals surface area contributed by atoms with Gasteiger partial charge in [0.25, 0.3) is 10.0 Å². The molecule has 0 aliphatic rings. The number of nitrogens with one attached hydrogen (secondary N) is 1. The second kappa shape index (κ2) is 14.9. The molecule has 0 unspecified atom stereocenters. The molecule has 1 N–H and O–H groups in total. The standard InChI is InChI=1S/C30H34Cl3N3O4S/c1-4-6-18-34-30(38)26(5-2)35(19-22-10-7-8-11-24(22)31)28(37)20-36(27-13-9-12-25(32)29(27)33)41(39,40)23-16-14-21(3)15-17-23/h7-17,26H,4-6,18-20H2,1-3H3,(H,34,38)/t26-/m1/s1. The Hall–Kier alpha value is -2.78. The highest BCUT2D eigenvalue weighted by Crippen LogP contribution is 2.35. The third-order valence-corrected chi connectivity index (χ3v) is 9.55. The summed E-state index contributed by atoms with van der Waals surface area (Å²) < 4.78 is 28.9. The van der Waals surface area contributed by atoms with E-state index in [4.69, 9.17) is 34.8 Å². The summed E-state index contributed by atoms with van der Waals surface area (Å²) in [5.41, 5.74) is 1.54. The third-order valence-electron chi connectivity index (χ3n) is 6.60. The molecule has 1 atom stereocenters. The van der Waals surface area contributed by atoms with Crippen molar-refractivity contribution in [2.45, 2.75) is 57.5 Å². The molecule has 41 heavy (non-hydrogen) atoms. The second-order valence-electron chi connectivity index (χ2n) is 9.58. The lowest BCUT2D eigenvalue weighted by Gasteiger charge is -2.33. The lowest BCUT2D eigenvalue weighted by Crippen LogP contribution is -2.52. The Kier molecular flexibility index (Phi) is 11.9. The van der Waals surface area contributed by atoms with E-state index in [0.29, 0.717) is 23.6 Å². The highest BCUT2D eigenvalue weighted by Gasteiger charge is 2.34. The average Bonchev–Trinajstić information content (AvgIpc) is 2.94. The number of hydrogen-bond acceptors (Lipinski definition) is 4. The van der Waals surface area contributed by atoms with E-state index in [1.165, 1.54) is 29.2 Å². The van der Waals surface area contributed by atoms with Crippen LogP contribution in [0.15, 0.2) is 71.6 Å². The Morgan fingerprint density at radius 1 is 0.902 bits per heavy atom. The van der Waals surface area contributed by atoms with Crippen LogP contribution in [0, 0.1) is 6.92 Å². The zero-order valence-corrected chi connectivity index (χ0v) is 26.3. The molecule has 0 aliphatic carbocycles. The number of hydrogen-bond donors (Lipinski definition) is 1. The average molecular weight is 639 g/mol. The molecule has 0 bridgehead atoms. The maximum Gasteiger partial charge on any atom is 0.264 e. The number of benzene rings is 3. The zero-order valence-electron chi connectivity index (χ0n) is 23.2. The molecule has 11 heteroatoms. The topological polar surface area (TPSA) is 86.8 Å². The van der Waals surface area contributed by atoms with Crippen LogP contribution in [0.4, 0.5) is 5.69 Å². The summed E-state index contributed by atoms with van der Waals surface area (Å²) >= 11 is 19.2. The largest absolute Gasteiger partial charge is 0.354 e. The first kappa shape index (κ1) is 32.7. The molecule has 3 aromatic rings. The summed E-state index contributed by atoms with van der Waals surface area (Å²) in [5.74, 6) is -0.927. The number of sulfonamides is 1. The predicted molar refractivity (Wildman–Crippen MR) is 166 cm³/mol. The highest BCUT2D eigenvalue weighted by atomic mass is 35.5. The van der Waals surface area contributed by atoms with Crippen LogP contribution >= 0.6 is 34.8 Å². The monoisotopic (exact) mass is 637 g/mol. The van der Waals surface area contributed by atoms with Crippen LogP contribution in [-0.4, -0.2) is 44.3 Å². The summed E-state index contributed by atoms with van der Waals surface area (Å²) in [5, 5.41) is 3.44. The van der Waals surface area contributed by atoms with Gasteiger partial charge in [0.1, 0.15) is 12.6 Å². The van der Waals surface area contributed by atoms with Crippen molar-refractivity contribution in [1.82, 2.24) is 10.2 Å². The molecule has 7 nitrogen and oxygen atoms in total. The molecule has 2 amide bonds. The minimum absolute atomic E-state index is 0.0000908. The lowest BCUT2D eigenvalue weighted by atomic mass is 10.1. The van der Waals surface area contributed by atoms with Crippen molar-refractivity contribution in [3.8, 4) is 0 Å². The summed E-state index contributed by atoms with van der Waals surface area (Å²) in [6.45, 7) is 5.49. The van der Waals surface area contributed by atoms with E-state index in [0.717, 1.165) is 22.7 Å². The van der Waals surface area contributed by atoms with Crippen LogP contribution < -0.4 is 9.62 Å². The number of unbranched alkanes of at least 4 members (excludes halogenated alkanes) is 1. The van der Waals surface area contributed by atoms with Gasteiger partial charge in [0.2, 0.25) is 11.8 Å². The fourth-order valence-corrected chi connectivity index (χ4v) is 6.34. The van der Waals surface area contributed by atoms with E-state index in [1.807, 2.05) is 13.8 Å². The van der Waals surface area contributed by atoms with Gasteiger partial charge in [-0.1, -0.05) is 97.0 Å². The molecule has 0 fully saturated rings. The van der Waals surface area contributed by atoms with Gasteiger partial charge in [-0.3, -0.25) is 13.9 Å². The molecule has 0 heterocycles. The minimum Gasteiger partial charge on any atom is -0.354 e. The summed E-state index contributed by atoms with van der Waals surface area (Å²) in [7, 11) is -4.27. The van der Waals surface area contributed by atoms with Gasteiger partial charge in [-0.25, -0.2) is 8.42 Å². The number of carbonyl (C=O) groups excluding carboxylic acids is 2. The summed E-state index contributed by atoms with van der Waals surface area (Å²) in [4.78, 5) is 28.7. The molecule has 0 aromatic heterocycles. The summed E-state index contributed by atoms with van der Waals surface area (Å²) in [6.07, 6.45) is 1.98. The smallest absolute Gasteiger partial charge is 0.264 e. The van der Waals surface area contributed by atoms with E-state index in [-0.39, 0.29) is 33.1 Å². The SMILES string of the molecule is CCCCNC(=O)[C@@H](CC)N(Cc1ccccc1Cl)C(=O)CN(c1cccc(Cl)c1Cl)S(=O)(=O)c1ccc(C)cc1. The first-order valence-electron chi connectivity index (χ1n) is 13.3. The molecule has 0 radical (unpaired) electrons. The quantitative estimate of drug-likeness (QED) is 0.207. The fourth-order valence-electron chi connectivity index (χ4n) is 4.27. The van der Waals surface area contributed by atoms with Gasteiger partial charge in [-0.15, -0.1) is 0 Å². The van der Waals surface area contributed by atoms with Crippen molar-refractivity contribution in [2.24, 2.45) is 0 Å². The Morgan fingerprint density at radius 3 is 2.20 bits per heavy atom. The van der Waals surface area contributed by atoms with Gasteiger partial charge in [0.15, 0.2) is 0 Å². The Labute approximate surface area is 257 Å². The molecule has 3 rings (SSSR count). The van der Waals surface area contributed by atoms with E-state index in [1.54, 1.807) is 49.4 Å². The van der Waals surface area contributed by atoms with Crippen molar-refractivity contribution in [1.29, 1.82) is 0 Å². The Morgan fingerprint density at radius 2 is 1.56 bits per heavy atom. The van der Waals surface area contributed by atoms with Gasteiger partial charge in [-0.05, 0) is 55.7 Å². The minimum atomic E-state index is -4.27. The predicted octanol–water partition coefficient (Wildman–Crippen LogP) is 6.87. The van der Waals surface area contributed by atoms with Crippen molar-refractivity contribution >= 4 is 62.3 Å². The lowest BCUT2D eigenvalue weighted by molar-refractivity contribution is -0.140. The van der Waals surface area contributed by atoms with Gasteiger partial charge in [0.05, 0.1) is 20.6 Å². The number of halogens is 3.